The van der Waals surface area contributed by atoms with Crippen LogP contribution in [0.5, 0.6) is 0 Å². The van der Waals surface area contributed by atoms with Crippen LogP contribution in [0.15, 0.2) is 155 Å². The normalized spacial score (nSPS) is 17.0. The molecule has 2 heterocycles. The van der Waals surface area contributed by atoms with Crippen LogP contribution in [0.25, 0.3) is 11.3 Å². The van der Waals surface area contributed by atoms with Gasteiger partial charge in [0.05, 0.1) is 17.7 Å². The molecule has 0 radical (unpaired) electrons. The number of halogens is 1. The second kappa shape index (κ2) is 13.8. The van der Waals surface area contributed by atoms with E-state index in [0.717, 1.165) is 15.8 Å². The third kappa shape index (κ3) is 5.77. The lowest BCUT2D eigenvalue weighted by Gasteiger charge is -2.44. The molecule has 0 spiro atoms. The van der Waals surface area contributed by atoms with E-state index in [1.165, 1.54) is 7.11 Å². The molecular formula is C40H31BrN2O5S2. The zero-order valence-corrected chi connectivity index (χ0v) is 30.1. The quantitative estimate of drug-likeness (QED) is 0.108. The number of sulfone groups is 1. The average Bonchev–Trinajstić information content (AvgIpc) is 3.77. The number of hydrogen-bond donors (Lipinski definition) is 0. The molecule has 1 saturated heterocycles. The molecule has 1 fully saturated rings. The van der Waals surface area contributed by atoms with Crippen LogP contribution in [0.3, 0.4) is 0 Å². The fourth-order valence-electron chi connectivity index (χ4n) is 6.92. The number of esters is 1. The highest BCUT2D eigenvalue weighted by Gasteiger charge is 2.63. The molecule has 0 aliphatic carbocycles. The first-order valence-corrected chi connectivity index (χ1v) is 19.1. The number of anilines is 1. The van der Waals surface area contributed by atoms with E-state index < -0.39 is 32.6 Å². The highest BCUT2D eigenvalue weighted by atomic mass is 79.9. The number of ether oxygens (including phenoxy) is 1. The molecule has 5 aromatic carbocycles. The first-order valence-electron chi connectivity index (χ1n) is 15.9. The van der Waals surface area contributed by atoms with Crippen LogP contribution < -0.4 is 4.90 Å². The third-order valence-electron chi connectivity index (χ3n) is 9.12. The Morgan fingerprint density at radius 3 is 1.84 bits per heavy atom. The van der Waals surface area contributed by atoms with Crippen LogP contribution in [0.1, 0.15) is 32.8 Å². The second-order valence-corrected chi connectivity index (χ2v) is 15.9. The van der Waals surface area contributed by atoms with Crippen molar-refractivity contribution in [1.29, 1.82) is 0 Å². The van der Waals surface area contributed by atoms with Crippen molar-refractivity contribution in [2.45, 2.75) is 28.1 Å². The lowest BCUT2D eigenvalue weighted by atomic mass is 9.80. The highest BCUT2D eigenvalue weighted by Crippen LogP contribution is 2.55. The van der Waals surface area contributed by atoms with Gasteiger partial charge in [0.1, 0.15) is 21.7 Å². The number of carbonyl (C=O) groups is 2. The summed E-state index contributed by atoms with van der Waals surface area (Å²) in [7, 11) is -2.82. The average molecular weight is 764 g/mol. The van der Waals surface area contributed by atoms with Gasteiger partial charge in [0.15, 0.2) is 15.0 Å². The first kappa shape index (κ1) is 33.6. The van der Waals surface area contributed by atoms with E-state index >= 15 is 0 Å². The Balaban J connectivity index is 1.56. The van der Waals surface area contributed by atoms with Crippen molar-refractivity contribution in [3.8, 4) is 11.3 Å². The molecule has 0 N–H and O–H groups in total. The van der Waals surface area contributed by atoms with E-state index in [1.807, 2.05) is 91.0 Å². The Hall–Kier alpha value is -4.90. The molecule has 7 rings (SSSR count). The largest absolute Gasteiger partial charge is 0.467 e. The molecule has 50 heavy (non-hydrogen) atoms. The fraction of sp³-hybridized carbons (Fsp3) is 0.125. The SMILES string of the molecule is COC(=O)[C@H]1C[C@@H](S(=O)(=O)c2ccccc2)C(c2ccccc2)(c2ccccc2)N1c1nc(-c2ccccc2)c(C(=O)c2ccc(Br)cc2)s1. The molecule has 0 bridgehead atoms. The van der Waals surface area contributed by atoms with Crippen LogP contribution in [-0.4, -0.2) is 43.6 Å². The molecule has 7 nitrogen and oxygen atoms in total. The third-order valence-corrected chi connectivity index (χ3v) is 12.9. The van der Waals surface area contributed by atoms with E-state index in [0.29, 0.717) is 38.0 Å². The van der Waals surface area contributed by atoms with Crippen molar-refractivity contribution >= 4 is 54.0 Å². The monoisotopic (exact) mass is 762 g/mol. The predicted octanol–water partition coefficient (Wildman–Crippen LogP) is 8.34. The van der Waals surface area contributed by atoms with Gasteiger partial charge in [-0.3, -0.25) is 4.79 Å². The summed E-state index contributed by atoms with van der Waals surface area (Å²) in [5.41, 5.74) is 1.45. The number of thiazole rings is 1. The van der Waals surface area contributed by atoms with Crippen molar-refractivity contribution in [2.75, 3.05) is 12.0 Å². The summed E-state index contributed by atoms with van der Waals surface area (Å²) in [4.78, 5) is 35.7. The topological polar surface area (TPSA) is 93.6 Å². The molecule has 0 unspecified atom stereocenters. The number of ketones is 1. The standard InChI is InChI=1S/C40H31BrN2O5S2/c1-48-38(45)33-26-34(50(46,47)32-20-12-5-13-21-32)40(29-16-8-3-9-17-29,30-18-10-4-11-19-30)43(33)39-42-35(27-14-6-2-7-15-27)37(49-39)36(44)28-22-24-31(41)25-23-28/h2-25,33-34H,26H2,1H3/t33-,34-/m1/s1. The van der Waals surface area contributed by atoms with E-state index in [-0.39, 0.29) is 17.1 Å². The molecular weight excluding hydrogens is 732 g/mol. The van der Waals surface area contributed by atoms with Crippen LogP contribution in [-0.2, 0) is 24.9 Å². The molecule has 1 aliphatic heterocycles. The number of methoxy groups -OCH3 is 1. The molecule has 250 valence electrons. The van der Waals surface area contributed by atoms with Crippen molar-refractivity contribution in [3.05, 3.63) is 172 Å². The molecule has 1 aromatic heterocycles. The van der Waals surface area contributed by atoms with Gasteiger partial charge in [-0.15, -0.1) is 0 Å². The maximum Gasteiger partial charge on any atom is 0.328 e. The minimum Gasteiger partial charge on any atom is -0.467 e. The highest BCUT2D eigenvalue weighted by molar-refractivity contribution is 9.10. The Morgan fingerprint density at radius 1 is 0.780 bits per heavy atom. The van der Waals surface area contributed by atoms with Gasteiger partial charge in [0.2, 0.25) is 5.78 Å². The minimum absolute atomic E-state index is 0.0933. The summed E-state index contributed by atoms with van der Waals surface area (Å²) < 4.78 is 36.2. The van der Waals surface area contributed by atoms with Gasteiger partial charge < -0.3 is 9.64 Å². The summed E-state index contributed by atoms with van der Waals surface area (Å²) in [6, 6.07) is 42.4. The Morgan fingerprint density at radius 2 is 1.30 bits per heavy atom. The second-order valence-electron chi connectivity index (χ2n) is 11.9. The molecule has 6 aromatic rings. The van der Waals surface area contributed by atoms with Gasteiger partial charge in [-0.2, -0.15) is 0 Å². The summed E-state index contributed by atoms with van der Waals surface area (Å²) in [6.45, 7) is 0. The summed E-state index contributed by atoms with van der Waals surface area (Å²) in [5, 5.41) is -0.848. The van der Waals surface area contributed by atoms with Gasteiger partial charge in [-0.05, 0) is 53.9 Å². The summed E-state index contributed by atoms with van der Waals surface area (Å²) >= 11 is 4.59. The van der Waals surface area contributed by atoms with Gasteiger partial charge in [-0.1, -0.05) is 136 Å². The van der Waals surface area contributed by atoms with Gasteiger partial charge in [0, 0.05) is 15.6 Å². The first-order chi connectivity index (χ1) is 24.3. The molecule has 1 aliphatic rings. The number of aromatic nitrogens is 1. The molecule has 10 heteroatoms. The lowest BCUT2D eigenvalue weighted by Crippen LogP contribution is -2.54. The number of carbonyl (C=O) groups excluding carboxylic acids is 2. The molecule has 2 atom stereocenters. The minimum atomic E-state index is -4.12. The number of benzene rings is 5. The van der Waals surface area contributed by atoms with Crippen LogP contribution in [0.2, 0.25) is 0 Å². The maximum absolute atomic E-state index is 15.0. The zero-order chi connectivity index (χ0) is 34.9. The van der Waals surface area contributed by atoms with Gasteiger partial charge in [-0.25, -0.2) is 18.2 Å². The Bertz CT molecular complexity index is 2210. The van der Waals surface area contributed by atoms with E-state index in [2.05, 4.69) is 15.9 Å². The molecule has 0 saturated carbocycles. The maximum atomic E-state index is 15.0. The fourth-order valence-corrected chi connectivity index (χ4v) is 10.5. The number of rotatable bonds is 9. The van der Waals surface area contributed by atoms with Crippen LogP contribution >= 0.6 is 27.3 Å². The van der Waals surface area contributed by atoms with Crippen LogP contribution in [0.4, 0.5) is 5.13 Å². The van der Waals surface area contributed by atoms with Crippen LogP contribution in [0, 0.1) is 0 Å². The van der Waals surface area contributed by atoms with E-state index in [1.54, 1.807) is 59.5 Å². The predicted molar refractivity (Wildman–Crippen MR) is 199 cm³/mol. The lowest BCUT2D eigenvalue weighted by molar-refractivity contribution is -0.142. The number of hydrogen-bond acceptors (Lipinski definition) is 8. The van der Waals surface area contributed by atoms with Crippen molar-refractivity contribution in [2.24, 2.45) is 0 Å². The Labute approximate surface area is 303 Å². The van der Waals surface area contributed by atoms with Crippen molar-refractivity contribution in [1.82, 2.24) is 4.98 Å². The van der Waals surface area contributed by atoms with Gasteiger partial charge >= 0.3 is 5.97 Å². The van der Waals surface area contributed by atoms with Crippen molar-refractivity contribution < 1.29 is 22.7 Å². The molecule has 0 amide bonds. The van der Waals surface area contributed by atoms with E-state index in [9.17, 15) is 18.0 Å². The van der Waals surface area contributed by atoms with Gasteiger partial charge in [0.25, 0.3) is 0 Å². The van der Waals surface area contributed by atoms with E-state index in [4.69, 9.17) is 9.72 Å². The van der Waals surface area contributed by atoms with Crippen molar-refractivity contribution in [3.63, 3.8) is 0 Å². The summed E-state index contributed by atoms with van der Waals surface area (Å²) in [5.74, 6) is -0.850. The summed E-state index contributed by atoms with van der Waals surface area (Å²) in [6.07, 6.45) is -0.0933. The zero-order valence-electron chi connectivity index (χ0n) is 26.8. The Kier molecular flexibility index (Phi) is 9.26. The number of nitrogens with zero attached hydrogens (tertiary/aromatic N) is 2. The smallest absolute Gasteiger partial charge is 0.328 e.